The average Bonchev–Trinajstić information content (AvgIpc) is 2.31. The molecule has 0 aliphatic heterocycles. The Labute approximate surface area is 107 Å². The van der Waals surface area contributed by atoms with Gasteiger partial charge in [-0.1, -0.05) is 0 Å². The summed E-state index contributed by atoms with van der Waals surface area (Å²) in [5.74, 6) is 0. The van der Waals surface area contributed by atoms with E-state index >= 15 is 0 Å². The van der Waals surface area contributed by atoms with E-state index in [9.17, 15) is 22.0 Å². The van der Waals surface area contributed by atoms with Crippen LogP contribution in [0.15, 0.2) is 0 Å². The van der Waals surface area contributed by atoms with Crippen LogP contribution in [0.3, 0.4) is 0 Å². The number of hydrogen-bond acceptors (Lipinski definition) is 5. The van der Waals surface area contributed by atoms with Gasteiger partial charge in [-0.2, -0.15) is 8.78 Å². The van der Waals surface area contributed by atoms with Crippen LogP contribution in [0.4, 0.5) is 22.0 Å². The van der Waals surface area contributed by atoms with E-state index in [-0.39, 0.29) is 19.1 Å². The summed E-state index contributed by atoms with van der Waals surface area (Å²) in [6.45, 7) is -4.29. The molecule has 11 heteroatoms. The van der Waals surface area contributed by atoms with E-state index in [1.807, 2.05) is 0 Å². The lowest BCUT2D eigenvalue weighted by molar-refractivity contribution is -0.344. The van der Waals surface area contributed by atoms with Crippen molar-refractivity contribution < 1.29 is 44.7 Å². The summed E-state index contributed by atoms with van der Waals surface area (Å²) < 4.78 is 80.8. The van der Waals surface area contributed by atoms with Gasteiger partial charge in [0.05, 0.1) is 6.61 Å². The fourth-order valence-electron chi connectivity index (χ4n) is 1.12. The van der Waals surface area contributed by atoms with Crippen LogP contribution in [0.25, 0.3) is 0 Å². The quantitative estimate of drug-likeness (QED) is 0.268. The first-order valence-electron chi connectivity index (χ1n) is 5.09. The highest BCUT2D eigenvalue weighted by atomic mass is 28.4. The minimum Gasteiger partial charge on any atom is -0.377 e. The van der Waals surface area contributed by atoms with Crippen LogP contribution in [0.5, 0.6) is 0 Å². The van der Waals surface area contributed by atoms with E-state index in [0.29, 0.717) is 0 Å². The number of alkyl halides is 5. The van der Waals surface area contributed by atoms with Crippen LogP contribution in [0.1, 0.15) is 6.42 Å². The molecule has 0 aliphatic rings. The second-order valence-electron chi connectivity index (χ2n) is 3.18. The molecule has 0 bridgehead atoms. The molecule has 0 aromatic heterocycles. The van der Waals surface area contributed by atoms with Crippen molar-refractivity contribution in [3.63, 3.8) is 0 Å². The first-order valence-corrected chi connectivity index (χ1v) is 7.02. The normalized spacial score (nSPS) is 13.3. The van der Waals surface area contributed by atoms with Crippen molar-refractivity contribution >= 4 is 8.80 Å². The Morgan fingerprint density at radius 2 is 1.68 bits per heavy atom. The smallest absolute Gasteiger partial charge is 0.377 e. The van der Waals surface area contributed by atoms with Crippen LogP contribution in [0.2, 0.25) is 6.04 Å². The predicted octanol–water partition coefficient (Wildman–Crippen LogP) is 2.36. The van der Waals surface area contributed by atoms with Gasteiger partial charge in [0.15, 0.2) is 0 Å². The molecule has 0 spiro atoms. The second-order valence-corrected chi connectivity index (χ2v) is 6.15. The molecule has 0 saturated carbocycles. The number of hydrogen-bond donors (Lipinski definition) is 0. The van der Waals surface area contributed by atoms with Crippen molar-refractivity contribution in [3.05, 3.63) is 0 Å². The first kappa shape index (κ1) is 18.7. The second kappa shape index (κ2) is 8.76. The molecule has 0 rings (SSSR count). The molecular formula is C8H15F5O5Si. The Morgan fingerprint density at radius 1 is 1.11 bits per heavy atom. The highest BCUT2D eigenvalue weighted by Crippen LogP contribution is 2.20. The van der Waals surface area contributed by atoms with E-state index in [1.165, 1.54) is 14.2 Å². The number of rotatable bonds is 10. The lowest BCUT2D eigenvalue weighted by Crippen LogP contribution is -2.45. The third-order valence-corrected chi connectivity index (χ3v) is 4.76. The molecule has 5 nitrogen and oxygen atoms in total. The third kappa shape index (κ3) is 9.24. The molecule has 0 atom stereocenters. The van der Waals surface area contributed by atoms with Crippen LogP contribution >= 0.6 is 0 Å². The van der Waals surface area contributed by atoms with E-state index < -0.39 is 28.6 Å². The van der Waals surface area contributed by atoms with Gasteiger partial charge in [-0.25, -0.2) is 0 Å². The van der Waals surface area contributed by atoms with Crippen molar-refractivity contribution in [2.24, 2.45) is 0 Å². The predicted molar refractivity (Wildman–Crippen MR) is 54.2 cm³/mol. The van der Waals surface area contributed by atoms with E-state index in [0.717, 1.165) is 0 Å². The van der Waals surface area contributed by atoms with E-state index in [1.54, 1.807) is 0 Å². The van der Waals surface area contributed by atoms with Crippen LogP contribution < -0.4 is 0 Å². The standard InChI is InChI=1S/C8H15F5O5Si/c1-14-19(15-2,5-3-4-16-7(9)10)18-6-17-8(11,12)13/h7H,3-6H2,1-2H3. The Bertz CT molecular complexity index is 236. The first-order chi connectivity index (χ1) is 8.74. The highest BCUT2D eigenvalue weighted by molar-refractivity contribution is 6.60. The van der Waals surface area contributed by atoms with Crippen molar-refractivity contribution in [2.75, 3.05) is 27.6 Å². The van der Waals surface area contributed by atoms with Gasteiger partial charge in [0.1, 0.15) is 6.79 Å². The van der Waals surface area contributed by atoms with Gasteiger partial charge in [0.25, 0.3) is 0 Å². The van der Waals surface area contributed by atoms with Gasteiger partial charge in [0, 0.05) is 20.3 Å². The average molecular weight is 314 g/mol. The summed E-state index contributed by atoms with van der Waals surface area (Å²) in [5, 5.41) is 0. The summed E-state index contributed by atoms with van der Waals surface area (Å²) in [6.07, 6.45) is -4.75. The number of ether oxygens (including phenoxy) is 2. The number of halogens is 5. The SMILES string of the molecule is CO[Si](CCCOC(F)F)(OC)OCOC(F)(F)F. The maximum Gasteiger partial charge on any atom is 0.524 e. The molecule has 0 fully saturated rings. The molecular weight excluding hydrogens is 299 g/mol. The molecule has 0 saturated heterocycles. The van der Waals surface area contributed by atoms with Crippen LogP contribution in [-0.4, -0.2) is 49.4 Å². The van der Waals surface area contributed by atoms with Crippen molar-refractivity contribution in [3.8, 4) is 0 Å². The zero-order valence-corrected chi connectivity index (χ0v) is 11.3. The monoisotopic (exact) mass is 314 g/mol. The van der Waals surface area contributed by atoms with Gasteiger partial charge in [-0.3, -0.25) is 4.74 Å². The Hall–Kier alpha value is -0.333. The zero-order valence-electron chi connectivity index (χ0n) is 10.3. The molecule has 19 heavy (non-hydrogen) atoms. The van der Waals surface area contributed by atoms with Crippen LogP contribution in [-0.2, 0) is 22.8 Å². The topological polar surface area (TPSA) is 46.2 Å². The van der Waals surface area contributed by atoms with Crippen molar-refractivity contribution in [2.45, 2.75) is 25.4 Å². The molecule has 116 valence electrons. The molecule has 0 aromatic carbocycles. The van der Waals surface area contributed by atoms with Gasteiger partial charge in [-0.15, -0.1) is 13.2 Å². The Balaban J connectivity index is 4.11. The van der Waals surface area contributed by atoms with Gasteiger partial charge >= 0.3 is 21.8 Å². The fraction of sp³-hybridized carbons (Fsp3) is 1.00. The minimum absolute atomic E-state index is 0.0218. The summed E-state index contributed by atoms with van der Waals surface area (Å²) in [5.41, 5.74) is 0. The van der Waals surface area contributed by atoms with Crippen molar-refractivity contribution in [1.29, 1.82) is 0 Å². The molecule has 0 unspecified atom stereocenters. The summed E-state index contributed by atoms with van der Waals surface area (Å²) in [4.78, 5) is 0. The molecule has 0 amide bonds. The van der Waals surface area contributed by atoms with Gasteiger partial charge < -0.3 is 18.0 Å². The maximum atomic E-state index is 11.8. The highest BCUT2D eigenvalue weighted by Gasteiger charge is 2.40. The van der Waals surface area contributed by atoms with Gasteiger partial charge in [0.2, 0.25) is 0 Å². The minimum atomic E-state index is -4.83. The largest absolute Gasteiger partial charge is 0.524 e. The summed E-state index contributed by atoms with van der Waals surface area (Å²) in [6, 6.07) is 0.0218. The molecule has 0 N–H and O–H groups in total. The zero-order chi connectivity index (χ0) is 14.9. The Morgan fingerprint density at radius 3 is 2.11 bits per heavy atom. The lowest BCUT2D eigenvalue weighted by atomic mass is 10.5. The van der Waals surface area contributed by atoms with E-state index in [2.05, 4.69) is 9.47 Å². The Kier molecular flexibility index (Phi) is 8.61. The van der Waals surface area contributed by atoms with E-state index in [4.69, 9.17) is 13.3 Å². The van der Waals surface area contributed by atoms with Crippen LogP contribution in [0, 0.1) is 0 Å². The van der Waals surface area contributed by atoms with Gasteiger partial charge in [-0.05, 0) is 6.42 Å². The maximum absolute atomic E-state index is 11.8. The molecule has 0 radical (unpaired) electrons. The van der Waals surface area contributed by atoms with Crippen molar-refractivity contribution in [1.82, 2.24) is 0 Å². The molecule has 0 heterocycles. The third-order valence-electron chi connectivity index (χ3n) is 1.99. The fourth-order valence-corrected chi connectivity index (χ4v) is 2.90. The lowest BCUT2D eigenvalue weighted by Gasteiger charge is -2.26. The molecule has 0 aliphatic carbocycles. The molecule has 0 aromatic rings. The summed E-state index contributed by atoms with van der Waals surface area (Å²) >= 11 is 0. The summed E-state index contributed by atoms with van der Waals surface area (Å²) in [7, 11) is -0.982.